The fourth-order valence-electron chi connectivity index (χ4n) is 5.38. The van der Waals surface area contributed by atoms with Crippen molar-refractivity contribution in [3.05, 3.63) is 42.2 Å². The molecule has 4 saturated heterocycles. The van der Waals surface area contributed by atoms with Crippen LogP contribution in [0, 0.1) is 18.8 Å². The van der Waals surface area contributed by atoms with Crippen molar-refractivity contribution in [1.82, 2.24) is 9.88 Å². The van der Waals surface area contributed by atoms with Gasteiger partial charge >= 0.3 is 0 Å². The van der Waals surface area contributed by atoms with Gasteiger partial charge in [0.2, 0.25) is 0 Å². The number of benzene rings is 1. The minimum absolute atomic E-state index is 0.637. The highest BCUT2D eigenvalue weighted by Crippen LogP contribution is 2.39. The van der Waals surface area contributed by atoms with Gasteiger partial charge in [-0.3, -0.25) is 4.98 Å². The Bertz CT molecular complexity index is 807. The van der Waals surface area contributed by atoms with Gasteiger partial charge in [0.25, 0.3) is 0 Å². The monoisotopic (exact) mass is 349 g/mol. The van der Waals surface area contributed by atoms with Crippen LogP contribution in [0.1, 0.15) is 18.4 Å². The number of nitrogens with zero attached hydrogens (tertiary/aromatic N) is 3. The Labute approximate surface area is 155 Å². The summed E-state index contributed by atoms with van der Waals surface area (Å²) in [6.07, 6.45) is 6.76. The highest BCUT2D eigenvalue weighted by Gasteiger charge is 2.41. The fourth-order valence-corrected chi connectivity index (χ4v) is 5.38. The Morgan fingerprint density at radius 3 is 2.73 bits per heavy atom. The molecule has 4 bridgehead atoms. The quantitative estimate of drug-likeness (QED) is 0.847. The lowest BCUT2D eigenvalue weighted by Crippen LogP contribution is -2.49. The first-order valence-electron chi connectivity index (χ1n) is 9.78. The van der Waals surface area contributed by atoms with Gasteiger partial charge in [-0.1, -0.05) is 11.6 Å². The lowest BCUT2D eigenvalue weighted by molar-refractivity contribution is 0.0980. The molecule has 4 nitrogen and oxygen atoms in total. The Kier molecular flexibility index (Phi) is 3.89. The number of anilines is 1. The Hall–Kier alpha value is -2.07. The van der Waals surface area contributed by atoms with Gasteiger partial charge in [-0.15, -0.1) is 0 Å². The maximum absolute atomic E-state index is 5.60. The van der Waals surface area contributed by atoms with Gasteiger partial charge in [0.1, 0.15) is 5.75 Å². The van der Waals surface area contributed by atoms with Crippen molar-refractivity contribution < 1.29 is 4.74 Å². The van der Waals surface area contributed by atoms with Crippen LogP contribution in [0.25, 0.3) is 11.1 Å². The third-order valence-corrected chi connectivity index (χ3v) is 6.39. The van der Waals surface area contributed by atoms with Crippen LogP contribution < -0.4 is 9.64 Å². The molecule has 136 valence electrons. The average molecular weight is 349 g/mol. The molecule has 26 heavy (non-hydrogen) atoms. The van der Waals surface area contributed by atoms with E-state index in [1.807, 2.05) is 12.4 Å². The molecular formula is C22H27N3O. The molecule has 6 rings (SSSR count). The fraction of sp³-hybridized carbons (Fsp3) is 0.500. The maximum Gasteiger partial charge on any atom is 0.126 e. The third-order valence-electron chi connectivity index (χ3n) is 6.39. The molecule has 0 aliphatic carbocycles. The summed E-state index contributed by atoms with van der Waals surface area (Å²) in [4.78, 5) is 9.94. The van der Waals surface area contributed by atoms with Gasteiger partial charge in [0, 0.05) is 49.5 Å². The van der Waals surface area contributed by atoms with Crippen molar-refractivity contribution in [3.8, 4) is 16.9 Å². The van der Waals surface area contributed by atoms with E-state index in [-0.39, 0.29) is 0 Å². The number of pyridine rings is 1. The van der Waals surface area contributed by atoms with Crippen LogP contribution in [0.2, 0.25) is 0 Å². The summed E-state index contributed by atoms with van der Waals surface area (Å²) in [6.45, 7) is 7.11. The number of methoxy groups -OCH3 is 1. The summed E-state index contributed by atoms with van der Waals surface area (Å²) in [6, 6.07) is 9.29. The summed E-state index contributed by atoms with van der Waals surface area (Å²) in [7, 11) is 1.74. The van der Waals surface area contributed by atoms with Gasteiger partial charge in [0.15, 0.2) is 0 Å². The summed E-state index contributed by atoms with van der Waals surface area (Å²) in [5.74, 6) is 2.61. The van der Waals surface area contributed by atoms with E-state index in [4.69, 9.17) is 4.74 Å². The van der Waals surface area contributed by atoms with Crippen molar-refractivity contribution in [3.63, 3.8) is 0 Å². The Morgan fingerprint density at radius 2 is 1.88 bits per heavy atom. The maximum atomic E-state index is 5.60. The number of aromatic nitrogens is 1. The highest BCUT2D eigenvalue weighted by atomic mass is 16.5. The normalized spacial score (nSPS) is 29.7. The second-order valence-electron chi connectivity index (χ2n) is 8.36. The highest BCUT2D eigenvalue weighted by molar-refractivity contribution is 5.73. The summed E-state index contributed by atoms with van der Waals surface area (Å²) in [5, 5.41) is 0. The molecule has 0 radical (unpaired) electrons. The molecular weight excluding hydrogens is 322 g/mol. The van der Waals surface area contributed by atoms with Gasteiger partial charge in [-0.2, -0.15) is 0 Å². The van der Waals surface area contributed by atoms with E-state index in [0.717, 1.165) is 28.7 Å². The van der Waals surface area contributed by atoms with Crippen LogP contribution in [0.5, 0.6) is 5.75 Å². The average Bonchev–Trinajstić information content (AvgIpc) is 2.85. The predicted octanol–water partition coefficient (Wildman–Crippen LogP) is 3.60. The first-order valence-corrected chi connectivity index (χ1v) is 9.78. The summed E-state index contributed by atoms with van der Waals surface area (Å²) in [5.41, 5.74) is 4.79. The second kappa shape index (κ2) is 6.27. The molecule has 1 aromatic carbocycles. The topological polar surface area (TPSA) is 28.6 Å². The van der Waals surface area contributed by atoms with E-state index in [1.54, 1.807) is 7.11 Å². The van der Waals surface area contributed by atoms with Gasteiger partial charge in [-0.05, 0) is 49.8 Å². The minimum atomic E-state index is 0.637. The van der Waals surface area contributed by atoms with Crippen molar-refractivity contribution >= 4 is 5.69 Å². The van der Waals surface area contributed by atoms with Crippen molar-refractivity contribution in [2.75, 3.05) is 38.2 Å². The molecule has 5 heterocycles. The third kappa shape index (κ3) is 2.77. The molecule has 0 spiro atoms. The zero-order valence-electron chi connectivity index (χ0n) is 15.7. The number of rotatable bonds is 3. The molecule has 1 aromatic heterocycles. The number of aryl methyl sites for hydroxylation is 1. The first-order chi connectivity index (χ1) is 12.7. The van der Waals surface area contributed by atoms with Crippen LogP contribution in [-0.4, -0.2) is 49.2 Å². The molecule has 0 N–H and O–H groups in total. The van der Waals surface area contributed by atoms with E-state index >= 15 is 0 Å². The van der Waals surface area contributed by atoms with Crippen LogP contribution in [-0.2, 0) is 0 Å². The molecule has 4 aliphatic heterocycles. The van der Waals surface area contributed by atoms with E-state index < -0.39 is 0 Å². The Balaban J connectivity index is 1.52. The molecule has 0 saturated carbocycles. The summed E-state index contributed by atoms with van der Waals surface area (Å²) < 4.78 is 5.60. The van der Waals surface area contributed by atoms with E-state index in [9.17, 15) is 0 Å². The number of ether oxygens (including phenoxy) is 1. The van der Waals surface area contributed by atoms with E-state index in [2.05, 4.69) is 46.0 Å². The molecule has 0 amide bonds. The standard InChI is InChI=1S/C22H27N3O/c1-15-3-4-22(26-2)21(5-15)18-8-19(10-23-9-18)25-13-17-6-16-7-20(25)14-24(11-16)12-17/h3-5,8-10,16-17,20H,6-7,11-14H2,1-2H3. The number of piperidine rings is 2. The second-order valence-corrected chi connectivity index (χ2v) is 8.36. The van der Waals surface area contributed by atoms with E-state index in [1.165, 1.54) is 50.3 Å². The van der Waals surface area contributed by atoms with Crippen molar-refractivity contribution in [1.29, 1.82) is 0 Å². The summed E-state index contributed by atoms with van der Waals surface area (Å²) >= 11 is 0. The van der Waals surface area contributed by atoms with Crippen LogP contribution >= 0.6 is 0 Å². The van der Waals surface area contributed by atoms with E-state index in [0.29, 0.717) is 6.04 Å². The molecule has 2 aromatic rings. The Morgan fingerprint density at radius 1 is 1.00 bits per heavy atom. The number of hydrogen-bond donors (Lipinski definition) is 0. The van der Waals surface area contributed by atoms with Crippen LogP contribution in [0.15, 0.2) is 36.7 Å². The zero-order chi connectivity index (χ0) is 17.7. The van der Waals surface area contributed by atoms with Gasteiger partial charge < -0.3 is 14.5 Å². The first kappa shape index (κ1) is 16.1. The van der Waals surface area contributed by atoms with Crippen LogP contribution in [0.3, 0.4) is 0 Å². The minimum Gasteiger partial charge on any atom is -0.496 e. The lowest BCUT2D eigenvalue weighted by atomic mass is 9.84. The molecule has 4 unspecified atom stereocenters. The molecule has 4 aliphatic rings. The molecule has 4 fully saturated rings. The van der Waals surface area contributed by atoms with Gasteiger partial charge in [0.05, 0.1) is 19.0 Å². The van der Waals surface area contributed by atoms with Crippen molar-refractivity contribution in [2.24, 2.45) is 11.8 Å². The van der Waals surface area contributed by atoms with Crippen molar-refractivity contribution in [2.45, 2.75) is 25.8 Å². The lowest BCUT2D eigenvalue weighted by Gasteiger charge is -2.41. The zero-order valence-corrected chi connectivity index (χ0v) is 15.7. The van der Waals surface area contributed by atoms with Gasteiger partial charge in [-0.25, -0.2) is 0 Å². The van der Waals surface area contributed by atoms with Crippen LogP contribution in [0.4, 0.5) is 5.69 Å². The molecule has 4 atom stereocenters. The SMILES string of the molecule is COc1ccc(C)cc1-c1cncc(N2CC3CC4CC2CN(C4)C3)c1. The number of hydrogen-bond acceptors (Lipinski definition) is 4. The predicted molar refractivity (Wildman–Crippen MR) is 105 cm³/mol. The number of fused-ring (bicyclic) bond motifs is 1. The smallest absolute Gasteiger partial charge is 0.126 e. The largest absolute Gasteiger partial charge is 0.496 e. The molecule has 4 heteroatoms.